The molecule has 29 heavy (non-hydrogen) atoms. The van der Waals surface area contributed by atoms with Crippen LogP contribution in [0.25, 0.3) is 10.4 Å². The Bertz CT molecular complexity index is 680. The van der Waals surface area contributed by atoms with Gasteiger partial charge in [0.25, 0.3) is 0 Å². The molecule has 0 amide bonds. The summed E-state index contributed by atoms with van der Waals surface area (Å²) in [5, 5.41) is 3.55. The first-order valence-corrected chi connectivity index (χ1v) is 10.3. The number of hydrogen-bond acceptors (Lipinski definition) is 6. The van der Waals surface area contributed by atoms with E-state index in [2.05, 4.69) is 10.0 Å². The molecule has 8 heteroatoms. The van der Waals surface area contributed by atoms with Crippen LogP contribution in [0.5, 0.6) is 0 Å². The van der Waals surface area contributed by atoms with Crippen LogP contribution in [0.2, 0.25) is 0 Å². The molecule has 2 heterocycles. The molecule has 2 aliphatic rings. The van der Waals surface area contributed by atoms with Crippen molar-refractivity contribution in [2.75, 3.05) is 13.2 Å². The van der Waals surface area contributed by atoms with Crippen LogP contribution < -0.4 is 0 Å². The van der Waals surface area contributed by atoms with Gasteiger partial charge in [-0.1, -0.05) is 41.9 Å². The maximum Gasteiger partial charge on any atom is 0.186 e. The first-order chi connectivity index (χ1) is 14.0. The molecule has 1 unspecified atom stereocenters. The van der Waals surface area contributed by atoms with Crippen LogP contribution in [0.1, 0.15) is 45.6 Å². The lowest BCUT2D eigenvalue weighted by Gasteiger charge is -2.40. The standard InChI is InChI=1S/C21H31N3O5/c1-15-17-18(29-21(2,3)28-17)19(26-14-16-10-6-4-7-11-16)20(27-15)25-13-9-5-8-12-23-24-22/h4,6-7,10-11,15,17-20H,5,8-9,12-14H2,1-3H3/t15-,17+,18+,19-,20?/m0/s1. The van der Waals surface area contributed by atoms with Crippen LogP contribution in [-0.4, -0.2) is 49.6 Å². The molecule has 0 N–H and O–H groups in total. The van der Waals surface area contributed by atoms with E-state index in [1.54, 1.807) is 0 Å². The van der Waals surface area contributed by atoms with Crippen molar-refractivity contribution in [3.05, 3.63) is 46.3 Å². The Morgan fingerprint density at radius 3 is 2.59 bits per heavy atom. The molecule has 160 valence electrons. The third-order valence-corrected chi connectivity index (χ3v) is 5.10. The SMILES string of the molecule is C[C@@H]1OC(OCCCCCN=[N+]=[N-])[C@@H](OCc2ccccc2)[C@@H]2OC(C)(C)O[C@@H]21. The predicted molar refractivity (Wildman–Crippen MR) is 107 cm³/mol. The van der Waals surface area contributed by atoms with Crippen molar-refractivity contribution >= 4 is 0 Å². The van der Waals surface area contributed by atoms with Gasteiger partial charge < -0.3 is 23.7 Å². The fourth-order valence-corrected chi connectivity index (χ4v) is 3.74. The van der Waals surface area contributed by atoms with Crippen molar-refractivity contribution < 1.29 is 23.7 Å². The Hall–Kier alpha value is -1.67. The van der Waals surface area contributed by atoms with Gasteiger partial charge in [-0.05, 0) is 44.7 Å². The second kappa shape index (κ2) is 10.4. The molecule has 0 bridgehead atoms. The number of hydrogen-bond donors (Lipinski definition) is 0. The summed E-state index contributed by atoms with van der Waals surface area (Å²) in [7, 11) is 0. The number of unbranched alkanes of at least 4 members (excludes halogenated alkanes) is 2. The van der Waals surface area contributed by atoms with E-state index in [9.17, 15) is 0 Å². The maximum absolute atomic E-state index is 8.32. The van der Waals surface area contributed by atoms with Crippen molar-refractivity contribution in [1.29, 1.82) is 0 Å². The quantitative estimate of drug-likeness (QED) is 0.250. The van der Waals surface area contributed by atoms with Gasteiger partial charge in [0.2, 0.25) is 0 Å². The van der Waals surface area contributed by atoms with Crippen molar-refractivity contribution in [2.24, 2.45) is 5.11 Å². The number of fused-ring (bicyclic) bond motifs is 1. The molecule has 1 aromatic carbocycles. The van der Waals surface area contributed by atoms with Crippen LogP contribution >= 0.6 is 0 Å². The molecule has 2 saturated heterocycles. The number of nitrogens with zero attached hydrogens (tertiary/aromatic N) is 3. The molecule has 8 nitrogen and oxygen atoms in total. The van der Waals surface area contributed by atoms with Crippen LogP contribution in [0.3, 0.4) is 0 Å². The predicted octanol–water partition coefficient (Wildman–Crippen LogP) is 4.33. The zero-order chi connectivity index (χ0) is 20.7. The van der Waals surface area contributed by atoms with Gasteiger partial charge in [0.05, 0.1) is 12.7 Å². The molecule has 0 saturated carbocycles. The summed E-state index contributed by atoms with van der Waals surface area (Å²) >= 11 is 0. The summed E-state index contributed by atoms with van der Waals surface area (Å²) < 4.78 is 30.6. The van der Waals surface area contributed by atoms with Crippen molar-refractivity contribution in [2.45, 2.75) is 83.1 Å². The highest BCUT2D eigenvalue weighted by molar-refractivity contribution is 5.13. The van der Waals surface area contributed by atoms with E-state index in [-0.39, 0.29) is 24.4 Å². The summed E-state index contributed by atoms with van der Waals surface area (Å²) in [4.78, 5) is 2.76. The highest BCUT2D eigenvalue weighted by Gasteiger charge is 2.54. The van der Waals surface area contributed by atoms with E-state index < -0.39 is 12.1 Å². The first kappa shape index (κ1) is 22.0. The lowest BCUT2D eigenvalue weighted by Crippen LogP contribution is -2.57. The van der Waals surface area contributed by atoms with Crippen LogP contribution in [-0.2, 0) is 30.3 Å². The van der Waals surface area contributed by atoms with E-state index in [0.29, 0.717) is 19.8 Å². The van der Waals surface area contributed by atoms with Crippen LogP contribution in [0, 0.1) is 0 Å². The highest BCUT2D eigenvalue weighted by Crippen LogP contribution is 2.39. The normalized spacial score (nSPS) is 30.5. The fraction of sp³-hybridized carbons (Fsp3) is 0.714. The molecule has 3 rings (SSSR count). The molecule has 0 aromatic heterocycles. The summed E-state index contributed by atoms with van der Waals surface area (Å²) in [6, 6.07) is 10.0. The number of rotatable bonds is 10. The first-order valence-electron chi connectivity index (χ1n) is 10.3. The van der Waals surface area contributed by atoms with E-state index in [1.165, 1.54) is 0 Å². The second-order valence-electron chi connectivity index (χ2n) is 7.92. The Kier molecular flexibility index (Phi) is 7.89. The van der Waals surface area contributed by atoms with Crippen LogP contribution in [0.4, 0.5) is 0 Å². The Labute approximate surface area is 172 Å². The van der Waals surface area contributed by atoms with Gasteiger partial charge in [0, 0.05) is 18.1 Å². The zero-order valence-corrected chi connectivity index (χ0v) is 17.4. The lowest BCUT2D eigenvalue weighted by molar-refractivity contribution is -0.286. The average molecular weight is 405 g/mol. The molecular weight excluding hydrogens is 374 g/mol. The van der Waals surface area contributed by atoms with Gasteiger partial charge in [-0.3, -0.25) is 0 Å². The van der Waals surface area contributed by atoms with Gasteiger partial charge in [0.1, 0.15) is 18.3 Å². The molecular formula is C21H31N3O5. The van der Waals surface area contributed by atoms with Gasteiger partial charge in [-0.25, -0.2) is 0 Å². The largest absolute Gasteiger partial charge is 0.365 e. The van der Waals surface area contributed by atoms with Gasteiger partial charge in [-0.2, -0.15) is 0 Å². The Morgan fingerprint density at radius 2 is 1.83 bits per heavy atom. The summed E-state index contributed by atoms with van der Waals surface area (Å²) in [6.07, 6.45) is 1.10. The van der Waals surface area contributed by atoms with E-state index >= 15 is 0 Å². The Morgan fingerprint density at radius 1 is 1.07 bits per heavy atom. The Balaban J connectivity index is 1.60. The molecule has 0 aliphatic carbocycles. The average Bonchev–Trinajstić information content (AvgIpc) is 3.03. The monoisotopic (exact) mass is 405 g/mol. The lowest BCUT2D eigenvalue weighted by atomic mass is 9.99. The minimum atomic E-state index is -0.683. The smallest absolute Gasteiger partial charge is 0.186 e. The topological polar surface area (TPSA) is 94.9 Å². The third-order valence-electron chi connectivity index (χ3n) is 5.10. The van der Waals surface area contributed by atoms with Gasteiger partial charge in [0.15, 0.2) is 12.1 Å². The maximum atomic E-state index is 8.32. The molecule has 1 aromatic rings. The molecule has 0 spiro atoms. The fourth-order valence-electron chi connectivity index (χ4n) is 3.74. The van der Waals surface area contributed by atoms with Crippen molar-refractivity contribution in [3.8, 4) is 0 Å². The van der Waals surface area contributed by atoms with Crippen molar-refractivity contribution in [1.82, 2.24) is 0 Å². The molecule has 2 aliphatic heterocycles. The van der Waals surface area contributed by atoms with Gasteiger partial charge >= 0.3 is 0 Å². The summed E-state index contributed by atoms with van der Waals surface area (Å²) in [5.41, 5.74) is 9.40. The number of ether oxygens (including phenoxy) is 5. The third kappa shape index (κ3) is 6.15. The number of azide groups is 1. The molecule has 0 radical (unpaired) electrons. The van der Waals surface area contributed by atoms with Crippen molar-refractivity contribution in [3.63, 3.8) is 0 Å². The minimum absolute atomic E-state index is 0.159. The highest BCUT2D eigenvalue weighted by atomic mass is 16.8. The van der Waals surface area contributed by atoms with E-state index in [0.717, 1.165) is 24.8 Å². The summed E-state index contributed by atoms with van der Waals surface area (Å²) in [6.45, 7) is 7.30. The van der Waals surface area contributed by atoms with Gasteiger partial charge in [-0.15, -0.1) is 0 Å². The molecule has 2 fully saturated rings. The minimum Gasteiger partial charge on any atom is -0.365 e. The molecule has 5 atom stereocenters. The summed E-state index contributed by atoms with van der Waals surface area (Å²) in [5.74, 6) is -0.683. The van der Waals surface area contributed by atoms with E-state index in [4.69, 9.17) is 29.2 Å². The second-order valence-corrected chi connectivity index (χ2v) is 7.92. The zero-order valence-electron chi connectivity index (χ0n) is 17.4. The van der Waals surface area contributed by atoms with Crippen LogP contribution in [0.15, 0.2) is 35.4 Å². The van der Waals surface area contributed by atoms with E-state index in [1.807, 2.05) is 51.1 Å². The number of benzene rings is 1.